The second-order valence-corrected chi connectivity index (χ2v) is 30.1. The van der Waals surface area contributed by atoms with Gasteiger partial charge in [-0.3, -0.25) is 37.3 Å². The average Bonchev–Trinajstić information content (AvgIpc) is 2.96. The molecular weight excluding hydrogens is 1220 g/mol. The number of aliphatic hydroxyl groups excluding tert-OH is 1. The molecular formula is C74H144O17P2. The summed E-state index contributed by atoms with van der Waals surface area (Å²) in [5.41, 5.74) is 0. The molecule has 93 heavy (non-hydrogen) atoms. The summed E-state index contributed by atoms with van der Waals surface area (Å²) >= 11 is 0. The first kappa shape index (κ1) is 91.1. The number of aliphatic hydroxyl groups is 1. The van der Waals surface area contributed by atoms with Crippen molar-refractivity contribution < 1.29 is 80.2 Å². The molecule has 0 bridgehead atoms. The lowest BCUT2D eigenvalue weighted by Crippen LogP contribution is -2.30. The first-order valence-electron chi connectivity index (χ1n) is 38.6. The predicted octanol–water partition coefficient (Wildman–Crippen LogP) is 21.6. The van der Waals surface area contributed by atoms with Crippen LogP contribution in [0.15, 0.2) is 0 Å². The molecule has 0 rings (SSSR count). The van der Waals surface area contributed by atoms with E-state index in [0.717, 1.165) is 108 Å². The third-order valence-corrected chi connectivity index (χ3v) is 19.8. The van der Waals surface area contributed by atoms with E-state index >= 15 is 0 Å². The standard InChI is InChI=1S/C74H144O17P2/c1-7-11-13-15-17-19-21-23-25-27-29-31-33-35-37-46-52-58-73(78)90-69(62-84-71(76)56-50-44-36-34-32-30-28-26-24-22-20-18-16-14-12-8-2)64-88-92(80,81)86-60-68(75)61-87-93(82,83)89-65-70(91-74(79)59-53-47-41-39-43-49-55-67(6)10-4)63-85-72(77)57-51-45-40-38-42-48-54-66(5)9-3/h66-70,75H,7-65H2,1-6H3,(H,80,81)(H,82,83)/t66?,67?,68-,69-,70-/m1/s1. The first-order valence-corrected chi connectivity index (χ1v) is 41.6. The van der Waals surface area contributed by atoms with Crippen molar-refractivity contribution in [3.8, 4) is 0 Å². The van der Waals surface area contributed by atoms with E-state index in [0.29, 0.717) is 25.7 Å². The van der Waals surface area contributed by atoms with Crippen molar-refractivity contribution >= 4 is 39.5 Å². The van der Waals surface area contributed by atoms with E-state index in [1.807, 2.05) is 0 Å². The molecule has 3 N–H and O–H groups in total. The van der Waals surface area contributed by atoms with Gasteiger partial charge in [0, 0.05) is 25.7 Å². The summed E-state index contributed by atoms with van der Waals surface area (Å²) in [5.74, 6) is -0.671. The quantitative estimate of drug-likeness (QED) is 0.0222. The van der Waals surface area contributed by atoms with Crippen molar-refractivity contribution in [2.45, 2.75) is 400 Å². The second kappa shape index (κ2) is 66.0. The number of ether oxygens (including phenoxy) is 4. The normalized spacial score (nSPS) is 14.6. The van der Waals surface area contributed by atoms with Gasteiger partial charge in [-0.05, 0) is 37.5 Å². The molecule has 0 aromatic carbocycles. The molecule has 0 aliphatic heterocycles. The summed E-state index contributed by atoms with van der Waals surface area (Å²) in [6.07, 6.45) is 52.8. The van der Waals surface area contributed by atoms with Crippen LogP contribution in [0.4, 0.5) is 0 Å². The van der Waals surface area contributed by atoms with Gasteiger partial charge in [-0.15, -0.1) is 0 Å². The van der Waals surface area contributed by atoms with E-state index in [1.165, 1.54) is 193 Å². The molecule has 0 aliphatic rings. The van der Waals surface area contributed by atoms with Crippen molar-refractivity contribution in [3.63, 3.8) is 0 Å². The van der Waals surface area contributed by atoms with Crippen LogP contribution in [0.1, 0.15) is 382 Å². The van der Waals surface area contributed by atoms with Gasteiger partial charge in [0.05, 0.1) is 26.4 Å². The van der Waals surface area contributed by atoms with Crippen LogP contribution in [0.5, 0.6) is 0 Å². The van der Waals surface area contributed by atoms with Gasteiger partial charge < -0.3 is 33.8 Å². The van der Waals surface area contributed by atoms with Crippen LogP contribution in [0, 0.1) is 11.8 Å². The van der Waals surface area contributed by atoms with E-state index in [1.54, 1.807) is 0 Å². The number of phosphoric ester groups is 2. The van der Waals surface area contributed by atoms with Crippen LogP contribution in [-0.2, 0) is 65.4 Å². The number of hydrogen-bond donors (Lipinski definition) is 3. The summed E-state index contributed by atoms with van der Waals surface area (Å²) in [6, 6.07) is 0. The lowest BCUT2D eigenvalue weighted by Gasteiger charge is -2.21. The highest BCUT2D eigenvalue weighted by Gasteiger charge is 2.30. The zero-order chi connectivity index (χ0) is 68.6. The van der Waals surface area contributed by atoms with Crippen LogP contribution in [0.2, 0.25) is 0 Å². The maximum atomic E-state index is 13.1. The number of phosphoric acid groups is 2. The number of esters is 4. The number of hydrogen-bond acceptors (Lipinski definition) is 15. The number of carbonyl (C=O) groups excluding carboxylic acids is 4. The molecule has 0 saturated carbocycles. The molecule has 0 fully saturated rings. The Morgan fingerprint density at radius 1 is 0.301 bits per heavy atom. The Labute approximate surface area is 568 Å². The fraction of sp³-hybridized carbons (Fsp3) is 0.946. The highest BCUT2D eigenvalue weighted by Crippen LogP contribution is 2.45. The van der Waals surface area contributed by atoms with E-state index in [2.05, 4.69) is 41.5 Å². The molecule has 4 unspecified atom stereocenters. The maximum absolute atomic E-state index is 13.1. The fourth-order valence-corrected chi connectivity index (χ4v) is 12.8. The molecule has 7 atom stereocenters. The molecule has 0 aromatic rings. The smallest absolute Gasteiger partial charge is 0.462 e. The second-order valence-electron chi connectivity index (χ2n) is 27.2. The van der Waals surface area contributed by atoms with Crippen molar-refractivity contribution in [2.24, 2.45) is 11.8 Å². The molecule has 0 aliphatic carbocycles. The largest absolute Gasteiger partial charge is 0.472 e. The Kier molecular flexibility index (Phi) is 64.6. The maximum Gasteiger partial charge on any atom is 0.472 e. The van der Waals surface area contributed by atoms with Gasteiger partial charge in [0.1, 0.15) is 19.3 Å². The summed E-state index contributed by atoms with van der Waals surface area (Å²) in [5, 5.41) is 10.6. The third kappa shape index (κ3) is 65.8. The number of carbonyl (C=O) groups is 4. The number of unbranched alkanes of at least 4 members (excludes halogenated alkanes) is 41. The van der Waals surface area contributed by atoms with Gasteiger partial charge in [0.2, 0.25) is 0 Å². The summed E-state index contributed by atoms with van der Waals surface area (Å²) in [7, 11) is -9.91. The van der Waals surface area contributed by atoms with Gasteiger partial charge in [0.15, 0.2) is 12.2 Å². The van der Waals surface area contributed by atoms with Crippen molar-refractivity contribution in [1.82, 2.24) is 0 Å². The van der Waals surface area contributed by atoms with Gasteiger partial charge >= 0.3 is 39.5 Å². The Morgan fingerprint density at radius 3 is 0.763 bits per heavy atom. The topological polar surface area (TPSA) is 237 Å². The Balaban J connectivity index is 5.23. The lowest BCUT2D eigenvalue weighted by molar-refractivity contribution is -0.161. The fourth-order valence-electron chi connectivity index (χ4n) is 11.2. The van der Waals surface area contributed by atoms with Gasteiger partial charge in [-0.25, -0.2) is 9.13 Å². The van der Waals surface area contributed by atoms with Crippen LogP contribution in [0.25, 0.3) is 0 Å². The van der Waals surface area contributed by atoms with E-state index < -0.39 is 97.5 Å². The molecule has 0 heterocycles. The monoisotopic (exact) mass is 1370 g/mol. The molecule has 19 heteroatoms. The van der Waals surface area contributed by atoms with Gasteiger partial charge in [-0.1, -0.05) is 330 Å². The van der Waals surface area contributed by atoms with Crippen molar-refractivity contribution in [1.29, 1.82) is 0 Å². The minimum atomic E-state index is -4.96. The highest BCUT2D eigenvalue weighted by atomic mass is 31.2. The molecule has 552 valence electrons. The molecule has 17 nitrogen and oxygen atoms in total. The summed E-state index contributed by atoms with van der Waals surface area (Å²) in [6.45, 7) is 9.49. The lowest BCUT2D eigenvalue weighted by atomic mass is 10.00. The Hall–Kier alpha value is -1.94. The minimum Gasteiger partial charge on any atom is -0.462 e. The molecule has 0 amide bonds. The van der Waals surface area contributed by atoms with Crippen LogP contribution in [-0.4, -0.2) is 96.7 Å². The van der Waals surface area contributed by atoms with E-state index in [9.17, 15) is 43.2 Å². The average molecular weight is 1370 g/mol. The minimum absolute atomic E-state index is 0.102. The van der Waals surface area contributed by atoms with Crippen molar-refractivity contribution in [2.75, 3.05) is 39.6 Å². The Morgan fingerprint density at radius 2 is 0.516 bits per heavy atom. The SMILES string of the molecule is CCCCCCCCCCCCCCCCCCCC(=O)O[C@H](COC(=O)CCCCCCCCCCCCCCCCCC)COP(=O)(O)OC[C@@H](O)COP(=O)(O)OC[C@@H](COC(=O)CCCCCCCCC(C)CC)OC(=O)CCCCCCCCC(C)CC. The van der Waals surface area contributed by atoms with E-state index in [-0.39, 0.29) is 25.7 Å². The first-order chi connectivity index (χ1) is 44.9. The zero-order valence-electron chi connectivity index (χ0n) is 60.6. The number of rotatable bonds is 73. The summed E-state index contributed by atoms with van der Waals surface area (Å²) < 4.78 is 68.4. The predicted molar refractivity (Wildman–Crippen MR) is 377 cm³/mol. The molecule has 0 saturated heterocycles. The highest BCUT2D eigenvalue weighted by molar-refractivity contribution is 7.47. The van der Waals surface area contributed by atoms with Crippen LogP contribution in [0.3, 0.4) is 0 Å². The third-order valence-electron chi connectivity index (χ3n) is 17.9. The van der Waals surface area contributed by atoms with E-state index in [4.69, 9.17) is 37.0 Å². The van der Waals surface area contributed by atoms with Crippen LogP contribution >= 0.6 is 15.6 Å². The van der Waals surface area contributed by atoms with Gasteiger partial charge in [0.25, 0.3) is 0 Å². The Bertz CT molecular complexity index is 1810. The van der Waals surface area contributed by atoms with Gasteiger partial charge in [-0.2, -0.15) is 0 Å². The van der Waals surface area contributed by atoms with Crippen LogP contribution < -0.4 is 0 Å². The summed E-state index contributed by atoms with van der Waals surface area (Å²) in [4.78, 5) is 72.7. The molecule has 0 spiro atoms. The molecule has 0 aromatic heterocycles. The molecule has 0 radical (unpaired) electrons. The zero-order valence-corrected chi connectivity index (χ0v) is 62.3. The van der Waals surface area contributed by atoms with Crippen molar-refractivity contribution in [3.05, 3.63) is 0 Å².